The van der Waals surface area contributed by atoms with E-state index >= 15 is 0 Å². The SMILES string of the molecule is COCC(CNCC(C)CCCC(C)N)OC. The minimum absolute atomic E-state index is 0.149. The van der Waals surface area contributed by atoms with Gasteiger partial charge in [-0.1, -0.05) is 13.3 Å². The maximum absolute atomic E-state index is 5.72. The minimum atomic E-state index is 0.149. The Morgan fingerprint density at radius 1 is 1.12 bits per heavy atom. The Labute approximate surface area is 106 Å². The van der Waals surface area contributed by atoms with Crippen LogP contribution in [0.15, 0.2) is 0 Å². The summed E-state index contributed by atoms with van der Waals surface area (Å²) >= 11 is 0. The van der Waals surface area contributed by atoms with E-state index in [-0.39, 0.29) is 6.10 Å². The molecule has 3 N–H and O–H groups in total. The molecule has 0 heterocycles. The first-order valence-electron chi connectivity index (χ1n) is 6.58. The number of hydrogen-bond donors (Lipinski definition) is 2. The van der Waals surface area contributed by atoms with Crippen LogP contribution in [0, 0.1) is 5.92 Å². The molecule has 0 fully saturated rings. The lowest BCUT2D eigenvalue weighted by Crippen LogP contribution is -2.34. The van der Waals surface area contributed by atoms with E-state index in [2.05, 4.69) is 19.2 Å². The summed E-state index contributed by atoms with van der Waals surface area (Å²) in [6.45, 7) is 6.86. The quantitative estimate of drug-likeness (QED) is 0.578. The summed E-state index contributed by atoms with van der Waals surface area (Å²) in [5.74, 6) is 0.689. The van der Waals surface area contributed by atoms with Crippen molar-refractivity contribution < 1.29 is 9.47 Å². The molecule has 0 saturated heterocycles. The second-order valence-electron chi connectivity index (χ2n) is 4.98. The highest BCUT2D eigenvalue weighted by Crippen LogP contribution is 2.07. The van der Waals surface area contributed by atoms with Crippen LogP contribution in [-0.2, 0) is 9.47 Å². The molecule has 0 aromatic heterocycles. The van der Waals surface area contributed by atoms with Gasteiger partial charge in [0, 0.05) is 26.8 Å². The van der Waals surface area contributed by atoms with Gasteiger partial charge in [0.2, 0.25) is 0 Å². The Bertz CT molecular complexity index is 165. The third-order valence-electron chi connectivity index (χ3n) is 2.91. The molecule has 0 bridgehead atoms. The fraction of sp³-hybridized carbons (Fsp3) is 1.00. The summed E-state index contributed by atoms with van der Waals surface area (Å²) in [5, 5.41) is 3.42. The number of nitrogens with two attached hydrogens (primary N) is 1. The van der Waals surface area contributed by atoms with Crippen molar-refractivity contribution in [2.75, 3.05) is 33.9 Å². The first-order chi connectivity index (χ1) is 8.10. The van der Waals surface area contributed by atoms with Crippen molar-refractivity contribution in [1.82, 2.24) is 5.32 Å². The molecule has 104 valence electrons. The molecule has 0 spiro atoms. The van der Waals surface area contributed by atoms with E-state index in [0.29, 0.717) is 18.6 Å². The van der Waals surface area contributed by atoms with E-state index in [9.17, 15) is 0 Å². The van der Waals surface area contributed by atoms with Crippen molar-refractivity contribution >= 4 is 0 Å². The zero-order valence-electron chi connectivity index (χ0n) is 11.9. The van der Waals surface area contributed by atoms with Gasteiger partial charge in [0.05, 0.1) is 12.7 Å². The molecule has 0 aliphatic carbocycles. The number of rotatable bonds is 11. The first-order valence-corrected chi connectivity index (χ1v) is 6.58. The zero-order valence-corrected chi connectivity index (χ0v) is 11.9. The van der Waals surface area contributed by atoms with Gasteiger partial charge < -0.3 is 20.5 Å². The maximum Gasteiger partial charge on any atom is 0.0928 e. The van der Waals surface area contributed by atoms with Crippen LogP contribution in [0.3, 0.4) is 0 Å². The number of methoxy groups -OCH3 is 2. The molecule has 0 aliphatic rings. The topological polar surface area (TPSA) is 56.5 Å². The van der Waals surface area contributed by atoms with Crippen molar-refractivity contribution in [3.05, 3.63) is 0 Å². The van der Waals surface area contributed by atoms with E-state index in [0.717, 1.165) is 19.5 Å². The van der Waals surface area contributed by atoms with Crippen LogP contribution >= 0.6 is 0 Å². The molecule has 0 rings (SSSR count). The predicted octanol–water partition coefficient (Wildman–Crippen LogP) is 1.39. The molecule has 3 atom stereocenters. The molecule has 3 unspecified atom stereocenters. The fourth-order valence-electron chi connectivity index (χ4n) is 1.78. The second-order valence-corrected chi connectivity index (χ2v) is 4.98. The van der Waals surface area contributed by atoms with Crippen LogP contribution in [0.5, 0.6) is 0 Å². The van der Waals surface area contributed by atoms with Gasteiger partial charge in [-0.3, -0.25) is 0 Å². The maximum atomic E-state index is 5.72. The number of ether oxygens (including phenoxy) is 2. The fourth-order valence-corrected chi connectivity index (χ4v) is 1.78. The summed E-state index contributed by atoms with van der Waals surface area (Å²) in [6, 6.07) is 0.328. The average Bonchev–Trinajstić information content (AvgIpc) is 2.27. The third kappa shape index (κ3) is 10.7. The smallest absolute Gasteiger partial charge is 0.0928 e. The van der Waals surface area contributed by atoms with Gasteiger partial charge in [-0.25, -0.2) is 0 Å². The molecule has 0 saturated carbocycles. The first kappa shape index (κ1) is 16.8. The van der Waals surface area contributed by atoms with Gasteiger partial charge in [0.25, 0.3) is 0 Å². The highest BCUT2D eigenvalue weighted by atomic mass is 16.5. The predicted molar refractivity (Wildman–Crippen MR) is 72.2 cm³/mol. The molecular weight excluding hydrogens is 216 g/mol. The minimum Gasteiger partial charge on any atom is -0.382 e. The molecule has 0 aliphatic heterocycles. The van der Waals surface area contributed by atoms with Crippen LogP contribution in [0.25, 0.3) is 0 Å². The molecular formula is C13H30N2O2. The van der Waals surface area contributed by atoms with Gasteiger partial charge in [-0.2, -0.15) is 0 Å². The van der Waals surface area contributed by atoms with Crippen LogP contribution < -0.4 is 11.1 Å². The van der Waals surface area contributed by atoms with E-state index in [1.807, 2.05) is 0 Å². The van der Waals surface area contributed by atoms with E-state index in [1.165, 1.54) is 12.8 Å². The van der Waals surface area contributed by atoms with Crippen LogP contribution in [0.1, 0.15) is 33.1 Å². The highest BCUT2D eigenvalue weighted by Gasteiger charge is 2.07. The molecule has 4 heteroatoms. The van der Waals surface area contributed by atoms with Gasteiger partial charge in [-0.15, -0.1) is 0 Å². The lowest BCUT2D eigenvalue weighted by atomic mass is 10.0. The molecule has 0 radical (unpaired) electrons. The Balaban J connectivity index is 3.45. The summed E-state index contributed by atoms with van der Waals surface area (Å²) in [6.07, 6.45) is 3.72. The van der Waals surface area contributed by atoms with E-state index < -0.39 is 0 Å². The van der Waals surface area contributed by atoms with Crippen LogP contribution in [0.4, 0.5) is 0 Å². The normalized spacial score (nSPS) is 16.8. The van der Waals surface area contributed by atoms with Gasteiger partial charge in [0.15, 0.2) is 0 Å². The summed E-state index contributed by atoms with van der Waals surface area (Å²) < 4.78 is 10.3. The largest absolute Gasteiger partial charge is 0.382 e. The Morgan fingerprint density at radius 3 is 2.35 bits per heavy atom. The summed E-state index contributed by atoms with van der Waals surface area (Å²) in [5.41, 5.74) is 5.72. The zero-order chi connectivity index (χ0) is 13.1. The van der Waals surface area contributed by atoms with Gasteiger partial charge >= 0.3 is 0 Å². The van der Waals surface area contributed by atoms with Crippen molar-refractivity contribution in [3.8, 4) is 0 Å². The monoisotopic (exact) mass is 246 g/mol. The lowest BCUT2D eigenvalue weighted by molar-refractivity contribution is 0.0285. The standard InChI is InChI=1S/C13H30N2O2/c1-11(6-5-7-12(2)14)8-15-9-13(17-4)10-16-3/h11-13,15H,5-10,14H2,1-4H3. The second kappa shape index (κ2) is 11.0. The molecule has 4 nitrogen and oxygen atoms in total. The van der Waals surface area contributed by atoms with Crippen molar-refractivity contribution in [2.24, 2.45) is 11.7 Å². The Morgan fingerprint density at radius 2 is 1.82 bits per heavy atom. The Hall–Kier alpha value is -0.160. The molecule has 0 aromatic carbocycles. The van der Waals surface area contributed by atoms with Crippen molar-refractivity contribution in [2.45, 2.75) is 45.3 Å². The van der Waals surface area contributed by atoms with Gasteiger partial charge in [-0.05, 0) is 32.2 Å². The van der Waals surface area contributed by atoms with E-state index in [1.54, 1.807) is 14.2 Å². The number of nitrogens with one attached hydrogen (secondary N) is 1. The van der Waals surface area contributed by atoms with Crippen LogP contribution in [0.2, 0.25) is 0 Å². The number of hydrogen-bond acceptors (Lipinski definition) is 4. The van der Waals surface area contributed by atoms with E-state index in [4.69, 9.17) is 15.2 Å². The molecule has 0 aromatic rings. The molecule has 0 amide bonds. The molecule has 17 heavy (non-hydrogen) atoms. The van der Waals surface area contributed by atoms with Crippen molar-refractivity contribution in [1.29, 1.82) is 0 Å². The van der Waals surface area contributed by atoms with Gasteiger partial charge in [0.1, 0.15) is 0 Å². The third-order valence-corrected chi connectivity index (χ3v) is 2.91. The highest BCUT2D eigenvalue weighted by molar-refractivity contribution is 4.64. The summed E-state index contributed by atoms with van der Waals surface area (Å²) in [4.78, 5) is 0. The average molecular weight is 246 g/mol. The summed E-state index contributed by atoms with van der Waals surface area (Å²) in [7, 11) is 3.42. The van der Waals surface area contributed by atoms with Crippen molar-refractivity contribution in [3.63, 3.8) is 0 Å². The van der Waals surface area contributed by atoms with Crippen LogP contribution in [-0.4, -0.2) is 46.1 Å². The Kier molecular flexibility index (Phi) is 10.9. The lowest BCUT2D eigenvalue weighted by Gasteiger charge is -2.17.